The molecule has 1 N–H and O–H groups in total. The fourth-order valence-corrected chi connectivity index (χ4v) is 2.19. The van der Waals surface area contributed by atoms with Gasteiger partial charge in [-0.25, -0.2) is 0 Å². The Morgan fingerprint density at radius 3 is 2.55 bits per heavy atom. The summed E-state index contributed by atoms with van der Waals surface area (Å²) in [6.45, 7) is 4.94. The van der Waals surface area contributed by atoms with Gasteiger partial charge in [-0.3, -0.25) is 4.79 Å². The van der Waals surface area contributed by atoms with Crippen LogP contribution in [-0.4, -0.2) is 19.6 Å². The molecule has 0 heterocycles. The number of hydrogen-bond donors (Lipinski definition) is 1. The van der Waals surface area contributed by atoms with Gasteiger partial charge in [0.25, 0.3) is 5.91 Å². The van der Waals surface area contributed by atoms with E-state index < -0.39 is 0 Å². The van der Waals surface area contributed by atoms with Crippen molar-refractivity contribution < 1.29 is 9.53 Å². The Hall–Kier alpha value is -1.51. The first-order valence-corrected chi connectivity index (χ1v) is 7.62. The summed E-state index contributed by atoms with van der Waals surface area (Å²) in [5, 5.41) is 2.97. The van der Waals surface area contributed by atoms with Crippen LogP contribution in [0.25, 0.3) is 0 Å². The molecule has 112 valence electrons. The predicted molar refractivity (Wildman–Crippen MR) is 83.4 cm³/mol. The molecule has 3 nitrogen and oxygen atoms in total. The summed E-state index contributed by atoms with van der Waals surface area (Å²) >= 11 is 0. The first-order valence-electron chi connectivity index (χ1n) is 7.62. The molecule has 1 aromatic carbocycles. The highest BCUT2D eigenvalue weighted by molar-refractivity contribution is 5.97. The molecule has 1 amide bonds. The lowest BCUT2D eigenvalue weighted by molar-refractivity contribution is 0.0950. The van der Waals surface area contributed by atoms with Crippen LogP contribution in [0.2, 0.25) is 0 Å². The van der Waals surface area contributed by atoms with Gasteiger partial charge < -0.3 is 10.1 Å². The smallest absolute Gasteiger partial charge is 0.255 e. The molecule has 0 aliphatic rings. The number of unbranched alkanes of at least 4 members (excludes halogenated alkanes) is 5. The van der Waals surface area contributed by atoms with Crippen molar-refractivity contribution in [2.24, 2.45) is 0 Å². The second-order valence-electron chi connectivity index (χ2n) is 5.23. The maximum atomic E-state index is 12.1. The van der Waals surface area contributed by atoms with Gasteiger partial charge in [-0.15, -0.1) is 0 Å². The topological polar surface area (TPSA) is 38.3 Å². The lowest BCUT2D eigenvalue weighted by Crippen LogP contribution is -2.24. The van der Waals surface area contributed by atoms with Gasteiger partial charge in [0.15, 0.2) is 0 Å². The minimum absolute atomic E-state index is 0.0459. The molecule has 0 aliphatic carbocycles. The number of aryl methyl sites for hydroxylation is 1. The van der Waals surface area contributed by atoms with Crippen molar-refractivity contribution in [2.45, 2.75) is 52.4 Å². The normalized spacial score (nSPS) is 10.3. The zero-order valence-electron chi connectivity index (χ0n) is 13.0. The second kappa shape index (κ2) is 9.40. The largest absolute Gasteiger partial charge is 0.496 e. The quantitative estimate of drug-likeness (QED) is 0.690. The highest BCUT2D eigenvalue weighted by Crippen LogP contribution is 2.19. The molecule has 0 aromatic heterocycles. The standard InChI is InChI=1S/C17H27NO2/c1-4-5-6-7-8-9-12-18-17(19)15-11-10-14(2)13-16(15)20-3/h10-11,13H,4-9,12H2,1-3H3,(H,18,19). The van der Waals surface area contributed by atoms with Gasteiger partial charge in [0.2, 0.25) is 0 Å². The zero-order valence-corrected chi connectivity index (χ0v) is 13.0. The predicted octanol–water partition coefficient (Wildman–Crippen LogP) is 4.09. The van der Waals surface area contributed by atoms with Crippen molar-refractivity contribution in [3.8, 4) is 5.75 Å². The van der Waals surface area contributed by atoms with Crippen LogP contribution in [-0.2, 0) is 0 Å². The van der Waals surface area contributed by atoms with E-state index in [-0.39, 0.29) is 5.91 Å². The average Bonchev–Trinajstić information content (AvgIpc) is 2.45. The monoisotopic (exact) mass is 277 g/mol. The van der Waals surface area contributed by atoms with Gasteiger partial charge in [0.05, 0.1) is 12.7 Å². The minimum atomic E-state index is -0.0459. The summed E-state index contributed by atoms with van der Waals surface area (Å²) in [5.41, 5.74) is 1.71. The lowest BCUT2D eigenvalue weighted by atomic mass is 10.1. The SMILES string of the molecule is CCCCCCCCNC(=O)c1ccc(C)cc1OC. The number of benzene rings is 1. The van der Waals surface area contributed by atoms with E-state index in [1.165, 1.54) is 32.1 Å². The molecule has 0 fully saturated rings. The van der Waals surface area contributed by atoms with Gasteiger partial charge in [0.1, 0.15) is 5.75 Å². The second-order valence-corrected chi connectivity index (χ2v) is 5.23. The van der Waals surface area contributed by atoms with E-state index in [4.69, 9.17) is 4.74 Å². The highest BCUT2D eigenvalue weighted by atomic mass is 16.5. The average molecular weight is 277 g/mol. The van der Waals surface area contributed by atoms with Crippen molar-refractivity contribution in [2.75, 3.05) is 13.7 Å². The Kier molecular flexibility index (Phi) is 7.78. The summed E-state index contributed by atoms with van der Waals surface area (Å²) in [6.07, 6.45) is 7.37. The number of hydrogen-bond acceptors (Lipinski definition) is 2. The van der Waals surface area contributed by atoms with Crippen LogP contribution >= 0.6 is 0 Å². The molecule has 0 radical (unpaired) electrons. The third-order valence-corrected chi connectivity index (χ3v) is 3.42. The third-order valence-electron chi connectivity index (χ3n) is 3.42. The number of amides is 1. The summed E-state index contributed by atoms with van der Waals surface area (Å²) in [4.78, 5) is 12.1. The van der Waals surface area contributed by atoms with Crippen LogP contribution < -0.4 is 10.1 Å². The summed E-state index contributed by atoms with van der Waals surface area (Å²) < 4.78 is 5.26. The summed E-state index contributed by atoms with van der Waals surface area (Å²) in [6, 6.07) is 5.65. The molecule has 0 saturated heterocycles. The molecule has 0 spiro atoms. The number of carbonyl (C=O) groups is 1. The van der Waals surface area contributed by atoms with Crippen molar-refractivity contribution in [1.82, 2.24) is 5.32 Å². The molecule has 3 heteroatoms. The van der Waals surface area contributed by atoms with E-state index in [0.717, 1.165) is 18.5 Å². The Balaban J connectivity index is 2.32. The molecule has 0 saturated carbocycles. The highest BCUT2D eigenvalue weighted by Gasteiger charge is 2.11. The van der Waals surface area contributed by atoms with Crippen LogP contribution in [0, 0.1) is 6.92 Å². The van der Waals surface area contributed by atoms with Crippen molar-refractivity contribution in [3.05, 3.63) is 29.3 Å². The van der Waals surface area contributed by atoms with Crippen LogP contribution in [0.15, 0.2) is 18.2 Å². The number of ether oxygens (including phenoxy) is 1. The first kappa shape index (κ1) is 16.5. The van der Waals surface area contributed by atoms with Gasteiger partial charge in [-0.2, -0.15) is 0 Å². The van der Waals surface area contributed by atoms with Gasteiger partial charge in [0, 0.05) is 6.54 Å². The van der Waals surface area contributed by atoms with Gasteiger partial charge >= 0.3 is 0 Å². The molecule has 0 aliphatic heterocycles. The number of nitrogens with one attached hydrogen (secondary N) is 1. The van der Waals surface area contributed by atoms with Crippen LogP contribution in [0.3, 0.4) is 0 Å². The van der Waals surface area contributed by atoms with E-state index in [9.17, 15) is 4.79 Å². The van der Waals surface area contributed by atoms with Gasteiger partial charge in [-0.1, -0.05) is 45.1 Å². The number of carbonyl (C=O) groups excluding carboxylic acids is 1. The Labute approximate surface area is 122 Å². The van der Waals surface area contributed by atoms with E-state index in [2.05, 4.69) is 12.2 Å². The van der Waals surface area contributed by atoms with E-state index in [1.54, 1.807) is 7.11 Å². The van der Waals surface area contributed by atoms with Crippen molar-refractivity contribution >= 4 is 5.91 Å². The molecule has 0 bridgehead atoms. The zero-order chi connectivity index (χ0) is 14.8. The Morgan fingerprint density at radius 2 is 1.85 bits per heavy atom. The summed E-state index contributed by atoms with van der Waals surface area (Å²) in [7, 11) is 1.60. The first-order chi connectivity index (χ1) is 9.69. The molecule has 20 heavy (non-hydrogen) atoms. The molecule has 1 rings (SSSR count). The minimum Gasteiger partial charge on any atom is -0.496 e. The van der Waals surface area contributed by atoms with Gasteiger partial charge in [-0.05, 0) is 31.0 Å². The fraction of sp³-hybridized carbons (Fsp3) is 0.588. The fourth-order valence-electron chi connectivity index (χ4n) is 2.19. The van der Waals surface area contributed by atoms with Crippen LogP contribution in [0.5, 0.6) is 5.75 Å². The van der Waals surface area contributed by atoms with E-state index in [1.807, 2.05) is 25.1 Å². The molecular weight excluding hydrogens is 250 g/mol. The third kappa shape index (κ3) is 5.64. The van der Waals surface area contributed by atoms with Crippen LogP contribution in [0.1, 0.15) is 61.4 Å². The Bertz CT molecular complexity index is 415. The maximum absolute atomic E-state index is 12.1. The van der Waals surface area contributed by atoms with Crippen molar-refractivity contribution in [1.29, 1.82) is 0 Å². The van der Waals surface area contributed by atoms with E-state index >= 15 is 0 Å². The molecule has 0 unspecified atom stereocenters. The number of rotatable bonds is 9. The molecule has 1 aromatic rings. The van der Waals surface area contributed by atoms with Crippen LogP contribution in [0.4, 0.5) is 0 Å². The summed E-state index contributed by atoms with van der Waals surface area (Å²) in [5.74, 6) is 0.598. The number of methoxy groups -OCH3 is 1. The molecular formula is C17H27NO2. The lowest BCUT2D eigenvalue weighted by Gasteiger charge is -2.10. The van der Waals surface area contributed by atoms with E-state index in [0.29, 0.717) is 11.3 Å². The van der Waals surface area contributed by atoms with Crippen molar-refractivity contribution in [3.63, 3.8) is 0 Å². The maximum Gasteiger partial charge on any atom is 0.255 e. The Morgan fingerprint density at radius 1 is 1.15 bits per heavy atom. The molecule has 0 atom stereocenters.